The van der Waals surface area contributed by atoms with Gasteiger partial charge >= 0.3 is 0 Å². The molecule has 0 spiro atoms. The lowest BCUT2D eigenvalue weighted by molar-refractivity contribution is -0.122. The maximum atomic E-state index is 13.7. The highest BCUT2D eigenvalue weighted by Crippen LogP contribution is 2.42. The predicted octanol–water partition coefficient (Wildman–Crippen LogP) is 9.99. The Balaban J connectivity index is 1.45. The minimum atomic E-state index is -0.138. The third-order valence-corrected chi connectivity index (χ3v) is 12.5. The fourth-order valence-electron chi connectivity index (χ4n) is 8.41. The summed E-state index contributed by atoms with van der Waals surface area (Å²) in [6, 6.07) is 5.53. The van der Waals surface area contributed by atoms with Crippen molar-refractivity contribution in [2.75, 3.05) is 10.6 Å². The van der Waals surface area contributed by atoms with Gasteiger partial charge in [-0.25, -0.2) is 0 Å². The second-order valence-corrected chi connectivity index (χ2v) is 18.0. The molecular formula is C40H65N3O3. The first-order valence-electron chi connectivity index (χ1n) is 18.5. The van der Waals surface area contributed by atoms with E-state index in [2.05, 4.69) is 78.3 Å². The Kier molecular flexibility index (Phi) is 11.7. The number of anilines is 2. The van der Waals surface area contributed by atoms with Gasteiger partial charge in [-0.3, -0.25) is 14.4 Å². The summed E-state index contributed by atoms with van der Waals surface area (Å²) in [6.07, 6.45) is 13.1. The van der Waals surface area contributed by atoms with Crippen LogP contribution in [0.4, 0.5) is 11.4 Å². The Labute approximate surface area is 280 Å². The Morgan fingerprint density at radius 1 is 0.587 bits per heavy atom. The molecule has 0 atom stereocenters. The maximum Gasteiger partial charge on any atom is 0.251 e. The normalized spacial score (nSPS) is 27.8. The molecule has 0 saturated heterocycles. The van der Waals surface area contributed by atoms with Crippen molar-refractivity contribution in [2.24, 2.45) is 45.8 Å². The van der Waals surface area contributed by atoms with Crippen molar-refractivity contribution in [3.8, 4) is 0 Å². The van der Waals surface area contributed by atoms with Crippen LogP contribution in [0.2, 0.25) is 0 Å². The van der Waals surface area contributed by atoms with Crippen LogP contribution >= 0.6 is 0 Å². The number of carbonyl (C=O) groups excluding carboxylic acids is 3. The minimum absolute atomic E-state index is 0.0135. The Hall–Kier alpha value is -2.37. The molecule has 1 aromatic carbocycles. The SMILES string of the molecule is CCC(C)(C)[C@H]1CC[C@@H](NC(=O)c2cc(NC(=O)[C@H]3CC[C@@H](C(C)(C)C)CC3)cc(NC(=O)[C@H]3CC[C@@H](C(C)(C)C)CC3)c2)CC1. The van der Waals surface area contributed by atoms with Crippen molar-refractivity contribution >= 4 is 29.1 Å². The first kappa shape index (κ1) is 36.5. The predicted molar refractivity (Wildman–Crippen MR) is 191 cm³/mol. The standard InChI is InChI=1S/C40H65N3O3/c1-10-40(8,9)31-19-21-32(22-20-31)41-37(46)28-23-33(42-35(44)26-11-15-29(16-12-26)38(2,3)4)25-34(24-28)43-36(45)27-13-17-30(18-14-27)39(5,6)7/h23-27,29-32H,10-22H2,1-9H3,(H,41,46)(H,42,44)(H,43,45)/t26-,27-,29+,30+,31-,32+. The van der Waals surface area contributed by atoms with Crippen LogP contribution < -0.4 is 16.0 Å². The molecule has 3 saturated carbocycles. The fraction of sp³-hybridized carbons (Fsp3) is 0.775. The van der Waals surface area contributed by atoms with E-state index in [-0.39, 0.29) is 46.4 Å². The van der Waals surface area contributed by atoms with Crippen molar-refractivity contribution in [3.05, 3.63) is 23.8 Å². The van der Waals surface area contributed by atoms with Gasteiger partial charge in [0, 0.05) is 34.8 Å². The van der Waals surface area contributed by atoms with Crippen LogP contribution in [0.3, 0.4) is 0 Å². The number of carbonyl (C=O) groups is 3. The van der Waals surface area contributed by atoms with Gasteiger partial charge in [0.25, 0.3) is 5.91 Å². The quantitative estimate of drug-likeness (QED) is 0.266. The van der Waals surface area contributed by atoms with Gasteiger partial charge in [-0.1, -0.05) is 68.7 Å². The number of amides is 3. The van der Waals surface area contributed by atoms with Gasteiger partial charge in [0.05, 0.1) is 0 Å². The molecule has 3 N–H and O–H groups in total. The number of nitrogens with one attached hydrogen (secondary N) is 3. The third-order valence-electron chi connectivity index (χ3n) is 12.5. The molecule has 0 heterocycles. The lowest BCUT2D eigenvalue weighted by Gasteiger charge is -2.39. The van der Waals surface area contributed by atoms with Gasteiger partial charge in [-0.05, 0) is 129 Å². The molecule has 3 amide bonds. The first-order chi connectivity index (χ1) is 21.5. The van der Waals surface area contributed by atoms with E-state index in [9.17, 15) is 14.4 Å². The summed E-state index contributed by atoms with van der Waals surface area (Å²) in [4.78, 5) is 40.6. The molecule has 3 aliphatic carbocycles. The lowest BCUT2D eigenvalue weighted by Crippen LogP contribution is -2.40. The molecule has 0 unspecified atom stereocenters. The smallest absolute Gasteiger partial charge is 0.251 e. The highest BCUT2D eigenvalue weighted by Gasteiger charge is 2.35. The van der Waals surface area contributed by atoms with E-state index < -0.39 is 0 Å². The molecule has 46 heavy (non-hydrogen) atoms. The maximum absolute atomic E-state index is 13.7. The summed E-state index contributed by atoms with van der Waals surface area (Å²) >= 11 is 0. The van der Waals surface area contributed by atoms with Crippen LogP contribution in [0.5, 0.6) is 0 Å². The number of benzene rings is 1. The van der Waals surface area contributed by atoms with Crippen molar-refractivity contribution in [3.63, 3.8) is 0 Å². The van der Waals surface area contributed by atoms with Crippen molar-refractivity contribution < 1.29 is 14.4 Å². The van der Waals surface area contributed by atoms with Crippen molar-refractivity contribution in [2.45, 2.75) is 152 Å². The van der Waals surface area contributed by atoms with E-state index in [1.165, 1.54) is 0 Å². The zero-order valence-electron chi connectivity index (χ0n) is 30.6. The van der Waals surface area contributed by atoms with Crippen LogP contribution in [0, 0.1) is 45.8 Å². The molecule has 6 nitrogen and oxygen atoms in total. The molecule has 4 rings (SSSR count). The van der Waals surface area contributed by atoms with Crippen LogP contribution in [-0.2, 0) is 9.59 Å². The van der Waals surface area contributed by atoms with E-state index in [1.807, 2.05) is 6.07 Å². The molecule has 3 fully saturated rings. The van der Waals surface area contributed by atoms with E-state index >= 15 is 0 Å². The van der Waals surface area contributed by atoms with Gasteiger partial charge in [-0.15, -0.1) is 0 Å². The van der Waals surface area contributed by atoms with Gasteiger partial charge in [0.1, 0.15) is 0 Å². The number of rotatable bonds is 8. The Morgan fingerprint density at radius 2 is 0.978 bits per heavy atom. The van der Waals surface area contributed by atoms with Crippen LogP contribution in [0.1, 0.15) is 156 Å². The van der Waals surface area contributed by atoms with Crippen molar-refractivity contribution in [1.29, 1.82) is 0 Å². The summed E-state index contributed by atoms with van der Waals surface area (Å²) in [5.74, 6) is 1.77. The van der Waals surface area contributed by atoms with E-state index in [0.717, 1.165) is 83.5 Å². The number of hydrogen-bond donors (Lipinski definition) is 3. The topological polar surface area (TPSA) is 87.3 Å². The summed E-state index contributed by atoms with van der Waals surface area (Å²) < 4.78 is 0. The van der Waals surface area contributed by atoms with E-state index in [0.29, 0.717) is 40.1 Å². The van der Waals surface area contributed by atoms with Crippen LogP contribution in [-0.4, -0.2) is 23.8 Å². The van der Waals surface area contributed by atoms with E-state index in [4.69, 9.17) is 0 Å². The molecule has 6 heteroatoms. The minimum Gasteiger partial charge on any atom is -0.349 e. The fourth-order valence-corrected chi connectivity index (χ4v) is 8.41. The van der Waals surface area contributed by atoms with Gasteiger partial charge in [0.15, 0.2) is 0 Å². The second-order valence-electron chi connectivity index (χ2n) is 18.0. The molecule has 258 valence electrons. The summed E-state index contributed by atoms with van der Waals surface area (Å²) in [6.45, 7) is 20.7. The molecule has 0 aromatic heterocycles. The largest absolute Gasteiger partial charge is 0.349 e. The average molecular weight is 636 g/mol. The molecule has 3 aliphatic rings. The molecular weight excluding hydrogens is 570 g/mol. The van der Waals surface area contributed by atoms with Crippen LogP contribution in [0.25, 0.3) is 0 Å². The third kappa shape index (κ3) is 9.60. The first-order valence-corrected chi connectivity index (χ1v) is 18.5. The number of hydrogen-bond acceptors (Lipinski definition) is 3. The summed E-state index contributed by atoms with van der Waals surface area (Å²) in [5.41, 5.74) is 2.48. The molecule has 1 aromatic rings. The molecule has 0 radical (unpaired) electrons. The zero-order valence-corrected chi connectivity index (χ0v) is 30.6. The lowest BCUT2D eigenvalue weighted by atomic mass is 9.69. The van der Waals surface area contributed by atoms with Gasteiger partial charge in [0.2, 0.25) is 11.8 Å². The average Bonchev–Trinajstić information content (AvgIpc) is 3.00. The van der Waals surface area contributed by atoms with E-state index in [1.54, 1.807) is 12.1 Å². The highest BCUT2D eigenvalue weighted by molar-refractivity contribution is 6.01. The summed E-state index contributed by atoms with van der Waals surface area (Å²) in [5, 5.41) is 9.56. The Bertz CT molecular complexity index is 1130. The van der Waals surface area contributed by atoms with Crippen LogP contribution in [0.15, 0.2) is 18.2 Å². The highest BCUT2D eigenvalue weighted by atomic mass is 16.2. The monoisotopic (exact) mass is 636 g/mol. The summed E-state index contributed by atoms with van der Waals surface area (Å²) in [7, 11) is 0. The van der Waals surface area contributed by atoms with Crippen molar-refractivity contribution in [1.82, 2.24) is 5.32 Å². The van der Waals surface area contributed by atoms with Gasteiger partial charge < -0.3 is 16.0 Å². The zero-order chi connectivity index (χ0) is 33.9. The molecule has 0 aliphatic heterocycles. The Morgan fingerprint density at radius 3 is 1.35 bits per heavy atom. The second kappa shape index (κ2) is 14.8. The molecule has 0 bridgehead atoms. The van der Waals surface area contributed by atoms with Gasteiger partial charge in [-0.2, -0.15) is 0 Å².